The number of carbonyl (C=O) groups excluding carboxylic acids is 2. The molecule has 2 aliphatic heterocycles. The number of rotatable bonds is 4. The van der Waals surface area contributed by atoms with Crippen LogP contribution in [0.15, 0.2) is 0 Å². The van der Waals surface area contributed by atoms with Crippen molar-refractivity contribution >= 4 is 11.8 Å². The number of amides is 2. The molecule has 2 heterocycles. The molecule has 2 amide bonds. The van der Waals surface area contributed by atoms with Crippen molar-refractivity contribution in [2.24, 2.45) is 0 Å². The Balaban J connectivity index is 1.83. The normalized spacial score (nSPS) is 24.7. The minimum atomic E-state index is 0.0120. The van der Waals surface area contributed by atoms with E-state index in [2.05, 4.69) is 5.32 Å². The third-order valence-corrected chi connectivity index (χ3v) is 3.65. The summed E-state index contributed by atoms with van der Waals surface area (Å²) in [6.07, 6.45) is 2.15. The van der Waals surface area contributed by atoms with Gasteiger partial charge in [0.2, 0.25) is 11.8 Å². The molecule has 2 fully saturated rings. The van der Waals surface area contributed by atoms with Gasteiger partial charge in [-0.05, 0) is 19.8 Å². The lowest BCUT2D eigenvalue weighted by atomic mass is 10.1. The van der Waals surface area contributed by atoms with E-state index >= 15 is 0 Å². The fourth-order valence-corrected chi connectivity index (χ4v) is 2.61. The summed E-state index contributed by atoms with van der Waals surface area (Å²) in [6.45, 7) is 6.03. The highest BCUT2D eigenvalue weighted by Gasteiger charge is 2.27. The van der Waals surface area contributed by atoms with Crippen molar-refractivity contribution in [3.63, 3.8) is 0 Å². The summed E-state index contributed by atoms with van der Waals surface area (Å²) in [6, 6.07) is 0. The van der Waals surface area contributed by atoms with Crippen LogP contribution in [0.25, 0.3) is 0 Å². The quantitative estimate of drug-likeness (QED) is 0.743. The summed E-state index contributed by atoms with van der Waals surface area (Å²) < 4.78 is 5.59. The average Bonchev–Trinajstić information content (AvgIpc) is 2.42. The molecule has 0 aromatic carbocycles. The molecule has 0 unspecified atom stereocenters. The molecule has 6 nitrogen and oxygen atoms in total. The number of hydrogen-bond donors (Lipinski definition) is 1. The van der Waals surface area contributed by atoms with E-state index in [0.29, 0.717) is 26.2 Å². The van der Waals surface area contributed by atoms with E-state index in [4.69, 9.17) is 4.74 Å². The van der Waals surface area contributed by atoms with E-state index in [0.717, 1.165) is 25.9 Å². The highest BCUT2D eigenvalue weighted by molar-refractivity contribution is 5.86. The highest BCUT2D eigenvalue weighted by atomic mass is 16.5. The largest absolute Gasteiger partial charge is 0.377 e. The molecule has 2 rings (SSSR count). The van der Waals surface area contributed by atoms with Crippen LogP contribution in [0, 0.1) is 0 Å². The van der Waals surface area contributed by atoms with Crippen molar-refractivity contribution in [2.45, 2.75) is 25.9 Å². The second-order valence-corrected chi connectivity index (χ2v) is 5.05. The second-order valence-electron chi connectivity index (χ2n) is 5.05. The summed E-state index contributed by atoms with van der Waals surface area (Å²) in [5.74, 6) is 0.0534. The number of nitrogens with one attached hydrogen (secondary N) is 1. The Hall–Kier alpha value is -1.14. The molecule has 0 aliphatic carbocycles. The van der Waals surface area contributed by atoms with Gasteiger partial charge in [0.15, 0.2) is 0 Å². The zero-order chi connectivity index (χ0) is 13.7. The van der Waals surface area contributed by atoms with Crippen LogP contribution in [0.1, 0.15) is 19.8 Å². The van der Waals surface area contributed by atoms with Gasteiger partial charge in [-0.1, -0.05) is 0 Å². The van der Waals surface area contributed by atoms with Crippen LogP contribution in [-0.2, 0) is 14.3 Å². The summed E-state index contributed by atoms with van der Waals surface area (Å²) >= 11 is 0. The van der Waals surface area contributed by atoms with Gasteiger partial charge in [-0.25, -0.2) is 0 Å². The first-order valence-corrected chi connectivity index (χ1v) is 7.08. The molecule has 0 aromatic rings. The minimum absolute atomic E-state index is 0.0120. The van der Waals surface area contributed by atoms with Crippen LogP contribution in [0.4, 0.5) is 0 Å². The van der Waals surface area contributed by atoms with Gasteiger partial charge in [0.05, 0.1) is 19.2 Å². The average molecular weight is 269 g/mol. The van der Waals surface area contributed by atoms with Crippen LogP contribution in [0.5, 0.6) is 0 Å². The van der Waals surface area contributed by atoms with Crippen LogP contribution in [0.2, 0.25) is 0 Å². The van der Waals surface area contributed by atoms with Crippen molar-refractivity contribution in [2.75, 3.05) is 45.9 Å². The van der Waals surface area contributed by atoms with Crippen LogP contribution < -0.4 is 5.32 Å². The SMILES string of the molecule is CCO[C@@H]1CCCN(C(=O)CN2CCNCC2=O)C1. The Morgan fingerprint density at radius 1 is 1.47 bits per heavy atom. The van der Waals surface area contributed by atoms with Crippen molar-refractivity contribution in [1.82, 2.24) is 15.1 Å². The number of ether oxygens (including phenoxy) is 1. The predicted molar refractivity (Wildman–Crippen MR) is 70.7 cm³/mol. The lowest BCUT2D eigenvalue weighted by Crippen LogP contribution is -2.53. The summed E-state index contributed by atoms with van der Waals surface area (Å²) in [5, 5.41) is 3.00. The molecule has 2 saturated heterocycles. The molecule has 6 heteroatoms. The molecular weight excluding hydrogens is 246 g/mol. The van der Waals surface area contributed by atoms with Gasteiger partial charge in [-0.3, -0.25) is 9.59 Å². The first-order valence-electron chi connectivity index (χ1n) is 7.08. The lowest BCUT2D eigenvalue weighted by Gasteiger charge is -2.35. The molecule has 0 saturated carbocycles. The Labute approximate surface area is 114 Å². The van der Waals surface area contributed by atoms with Gasteiger partial charge >= 0.3 is 0 Å². The van der Waals surface area contributed by atoms with Crippen LogP contribution in [0.3, 0.4) is 0 Å². The van der Waals surface area contributed by atoms with E-state index in [1.165, 1.54) is 0 Å². The van der Waals surface area contributed by atoms with Gasteiger partial charge in [-0.2, -0.15) is 0 Å². The predicted octanol–water partition coefficient (Wildman–Crippen LogP) is -0.554. The molecule has 0 aromatic heterocycles. The highest BCUT2D eigenvalue weighted by Crippen LogP contribution is 2.13. The topological polar surface area (TPSA) is 61.9 Å². The smallest absolute Gasteiger partial charge is 0.242 e. The first kappa shape index (κ1) is 14.3. The fraction of sp³-hybridized carbons (Fsp3) is 0.846. The van der Waals surface area contributed by atoms with Gasteiger partial charge in [0.25, 0.3) is 0 Å². The monoisotopic (exact) mass is 269 g/mol. The molecule has 1 atom stereocenters. The van der Waals surface area contributed by atoms with Crippen LogP contribution >= 0.6 is 0 Å². The van der Waals surface area contributed by atoms with E-state index < -0.39 is 0 Å². The zero-order valence-electron chi connectivity index (χ0n) is 11.6. The van der Waals surface area contributed by atoms with E-state index in [9.17, 15) is 9.59 Å². The number of likely N-dealkylation sites (tertiary alicyclic amines) is 1. The van der Waals surface area contributed by atoms with Crippen molar-refractivity contribution in [1.29, 1.82) is 0 Å². The lowest BCUT2D eigenvalue weighted by molar-refractivity contribution is -0.143. The molecular formula is C13H23N3O3. The van der Waals surface area contributed by atoms with Gasteiger partial charge in [0.1, 0.15) is 0 Å². The zero-order valence-corrected chi connectivity index (χ0v) is 11.6. The summed E-state index contributed by atoms with van der Waals surface area (Å²) in [5.41, 5.74) is 0. The fourth-order valence-electron chi connectivity index (χ4n) is 2.61. The van der Waals surface area contributed by atoms with E-state index in [1.807, 2.05) is 11.8 Å². The maximum Gasteiger partial charge on any atom is 0.242 e. The first-order chi connectivity index (χ1) is 9.20. The Kier molecular flexibility index (Phi) is 5.15. The maximum absolute atomic E-state index is 12.2. The Bertz CT molecular complexity index is 333. The van der Waals surface area contributed by atoms with Crippen molar-refractivity contribution in [3.05, 3.63) is 0 Å². The van der Waals surface area contributed by atoms with Gasteiger partial charge < -0.3 is 19.9 Å². The van der Waals surface area contributed by atoms with Gasteiger partial charge in [0, 0.05) is 32.8 Å². The molecule has 0 radical (unpaired) electrons. The standard InChI is InChI=1S/C13H23N3O3/c1-2-19-11-4-3-6-15(9-11)13(18)10-16-7-5-14-8-12(16)17/h11,14H,2-10H2,1H3/t11-/m1/s1. The number of piperidine rings is 1. The molecule has 108 valence electrons. The maximum atomic E-state index is 12.2. The molecule has 0 spiro atoms. The molecule has 19 heavy (non-hydrogen) atoms. The molecule has 2 aliphatic rings. The Morgan fingerprint density at radius 2 is 2.32 bits per heavy atom. The third-order valence-electron chi connectivity index (χ3n) is 3.65. The van der Waals surface area contributed by atoms with Crippen molar-refractivity contribution < 1.29 is 14.3 Å². The van der Waals surface area contributed by atoms with E-state index in [-0.39, 0.29) is 24.5 Å². The third kappa shape index (κ3) is 3.91. The van der Waals surface area contributed by atoms with Crippen molar-refractivity contribution in [3.8, 4) is 0 Å². The number of hydrogen-bond acceptors (Lipinski definition) is 4. The van der Waals surface area contributed by atoms with E-state index in [1.54, 1.807) is 4.90 Å². The second kappa shape index (κ2) is 6.86. The summed E-state index contributed by atoms with van der Waals surface area (Å²) in [4.78, 5) is 27.3. The summed E-state index contributed by atoms with van der Waals surface area (Å²) in [7, 11) is 0. The number of carbonyl (C=O) groups is 2. The molecule has 0 bridgehead atoms. The van der Waals surface area contributed by atoms with Crippen LogP contribution in [-0.4, -0.2) is 73.6 Å². The number of nitrogens with zero attached hydrogens (tertiary/aromatic N) is 2. The minimum Gasteiger partial charge on any atom is -0.377 e. The number of piperazine rings is 1. The Morgan fingerprint density at radius 3 is 3.05 bits per heavy atom. The van der Waals surface area contributed by atoms with Gasteiger partial charge in [-0.15, -0.1) is 0 Å². The molecule has 1 N–H and O–H groups in total.